The Morgan fingerprint density at radius 1 is 1.37 bits per heavy atom. The van der Waals surface area contributed by atoms with Crippen LogP contribution in [0.15, 0.2) is 4.52 Å². The van der Waals surface area contributed by atoms with Crippen molar-refractivity contribution in [3.8, 4) is 0 Å². The van der Waals surface area contributed by atoms with E-state index in [1.165, 1.54) is 32.1 Å². The van der Waals surface area contributed by atoms with Crippen molar-refractivity contribution in [3.05, 3.63) is 11.7 Å². The fourth-order valence-electron chi connectivity index (χ4n) is 2.96. The van der Waals surface area contributed by atoms with Gasteiger partial charge in [-0.25, -0.2) is 0 Å². The maximum atomic E-state index is 5.47. The summed E-state index contributed by atoms with van der Waals surface area (Å²) in [5.74, 6) is 3.32. The molecule has 1 N–H and O–H groups in total. The maximum Gasteiger partial charge on any atom is 0.231 e. The van der Waals surface area contributed by atoms with E-state index in [1.54, 1.807) is 0 Å². The van der Waals surface area contributed by atoms with Crippen LogP contribution in [0.3, 0.4) is 0 Å². The topological polar surface area (TPSA) is 51.0 Å². The summed E-state index contributed by atoms with van der Waals surface area (Å²) < 4.78 is 5.47. The second-order valence-electron chi connectivity index (χ2n) is 5.99. The summed E-state index contributed by atoms with van der Waals surface area (Å²) >= 11 is 0. The summed E-state index contributed by atoms with van der Waals surface area (Å²) in [6.07, 6.45) is 6.38. The monoisotopic (exact) mass is 265 g/mol. The van der Waals surface area contributed by atoms with E-state index in [2.05, 4.69) is 36.2 Å². The molecule has 1 aromatic rings. The fourth-order valence-corrected chi connectivity index (χ4v) is 2.96. The zero-order valence-corrected chi connectivity index (χ0v) is 12.6. The quantitative estimate of drug-likeness (QED) is 0.885. The molecule has 1 fully saturated rings. The molecule has 4 atom stereocenters. The summed E-state index contributed by atoms with van der Waals surface area (Å²) in [5, 5.41) is 7.47. The van der Waals surface area contributed by atoms with Gasteiger partial charge in [0.2, 0.25) is 5.89 Å². The SMILES string of the molecule is CCC1CCCC(c2noc(C(C)C(C)NC)n2)C1. The highest BCUT2D eigenvalue weighted by Crippen LogP contribution is 2.36. The van der Waals surface area contributed by atoms with Gasteiger partial charge in [-0.15, -0.1) is 0 Å². The molecule has 0 bridgehead atoms. The Morgan fingerprint density at radius 3 is 2.84 bits per heavy atom. The molecule has 0 amide bonds. The normalized spacial score (nSPS) is 27.2. The lowest BCUT2D eigenvalue weighted by Gasteiger charge is -2.26. The molecule has 19 heavy (non-hydrogen) atoms. The second-order valence-corrected chi connectivity index (χ2v) is 5.99. The Hall–Kier alpha value is -0.900. The molecular weight excluding hydrogens is 238 g/mol. The van der Waals surface area contributed by atoms with Crippen LogP contribution in [0.4, 0.5) is 0 Å². The molecule has 1 aliphatic rings. The highest BCUT2D eigenvalue weighted by molar-refractivity contribution is 5.02. The number of aromatic nitrogens is 2. The summed E-state index contributed by atoms with van der Waals surface area (Å²) in [4.78, 5) is 4.65. The van der Waals surface area contributed by atoms with Crippen LogP contribution in [0.25, 0.3) is 0 Å². The van der Waals surface area contributed by atoms with Crippen LogP contribution in [-0.2, 0) is 0 Å². The third-order valence-corrected chi connectivity index (χ3v) is 4.78. The number of nitrogens with one attached hydrogen (secondary N) is 1. The van der Waals surface area contributed by atoms with Gasteiger partial charge in [-0.05, 0) is 32.7 Å². The molecule has 0 aromatic carbocycles. The van der Waals surface area contributed by atoms with Gasteiger partial charge in [-0.1, -0.05) is 38.3 Å². The van der Waals surface area contributed by atoms with Crippen LogP contribution < -0.4 is 5.32 Å². The Balaban J connectivity index is 2.04. The molecule has 108 valence electrons. The van der Waals surface area contributed by atoms with Crippen molar-refractivity contribution in [2.24, 2.45) is 5.92 Å². The van der Waals surface area contributed by atoms with E-state index in [1.807, 2.05) is 7.05 Å². The number of hydrogen-bond donors (Lipinski definition) is 1. The van der Waals surface area contributed by atoms with Crippen LogP contribution in [-0.4, -0.2) is 23.2 Å². The Bertz CT molecular complexity index is 390. The molecule has 4 heteroatoms. The third kappa shape index (κ3) is 3.35. The van der Waals surface area contributed by atoms with Crippen LogP contribution in [0.5, 0.6) is 0 Å². The minimum Gasteiger partial charge on any atom is -0.339 e. The Morgan fingerprint density at radius 2 is 2.16 bits per heavy atom. The number of hydrogen-bond acceptors (Lipinski definition) is 4. The molecule has 4 nitrogen and oxygen atoms in total. The first-order valence-electron chi connectivity index (χ1n) is 7.66. The molecule has 1 heterocycles. The standard InChI is InChI=1S/C15H27N3O/c1-5-12-7-6-8-13(9-12)14-17-15(19-18-14)10(2)11(3)16-4/h10-13,16H,5-9H2,1-4H3. The summed E-state index contributed by atoms with van der Waals surface area (Å²) in [5.41, 5.74) is 0. The van der Waals surface area contributed by atoms with Gasteiger partial charge in [0.05, 0.1) is 5.92 Å². The van der Waals surface area contributed by atoms with Crippen LogP contribution >= 0.6 is 0 Å². The highest BCUT2D eigenvalue weighted by Gasteiger charge is 2.27. The first-order valence-corrected chi connectivity index (χ1v) is 7.66. The van der Waals surface area contributed by atoms with E-state index in [4.69, 9.17) is 4.52 Å². The molecule has 1 aliphatic carbocycles. The van der Waals surface area contributed by atoms with Crippen molar-refractivity contribution in [2.75, 3.05) is 7.05 Å². The number of rotatable bonds is 5. The zero-order valence-electron chi connectivity index (χ0n) is 12.6. The predicted octanol–water partition coefficient (Wildman–Crippen LogP) is 3.46. The van der Waals surface area contributed by atoms with Gasteiger partial charge in [0.25, 0.3) is 0 Å². The van der Waals surface area contributed by atoms with E-state index >= 15 is 0 Å². The van der Waals surface area contributed by atoms with E-state index in [9.17, 15) is 0 Å². The van der Waals surface area contributed by atoms with E-state index in [0.29, 0.717) is 12.0 Å². The summed E-state index contributed by atoms with van der Waals surface area (Å²) in [7, 11) is 1.96. The van der Waals surface area contributed by atoms with Crippen molar-refractivity contribution < 1.29 is 4.52 Å². The zero-order chi connectivity index (χ0) is 13.8. The highest BCUT2D eigenvalue weighted by atomic mass is 16.5. The molecule has 4 unspecified atom stereocenters. The van der Waals surface area contributed by atoms with Crippen molar-refractivity contribution in [1.29, 1.82) is 0 Å². The van der Waals surface area contributed by atoms with Gasteiger partial charge >= 0.3 is 0 Å². The van der Waals surface area contributed by atoms with Gasteiger partial charge in [0.1, 0.15) is 0 Å². The molecular formula is C15H27N3O. The molecule has 0 aliphatic heterocycles. The van der Waals surface area contributed by atoms with Gasteiger partial charge in [0.15, 0.2) is 5.82 Å². The summed E-state index contributed by atoms with van der Waals surface area (Å²) in [6.45, 7) is 6.56. The van der Waals surface area contributed by atoms with Gasteiger partial charge < -0.3 is 9.84 Å². The minimum atomic E-state index is 0.261. The van der Waals surface area contributed by atoms with Crippen LogP contribution in [0.1, 0.15) is 76.4 Å². The van der Waals surface area contributed by atoms with Crippen molar-refractivity contribution in [3.63, 3.8) is 0 Å². The van der Waals surface area contributed by atoms with Crippen molar-refractivity contribution in [1.82, 2.24) is 15.5 Å². The lowest BCUT2D eigenvalue weighted by Crippen LogP contribution is -2.27. The Labute approximate surface area is 116 Å². The van der Waals surface area contributed by atoms with Crippen molar-refractivity contribution >= 4 is 0 Å². The van der Waals surface area contributed by atoms with Gasteiger partial charge in [-0.2, -0.15) is 4.98 Å². The molecule has 0 radical (unpaired) electrons. The van der Waals surface area contributed by atoms with Crippen molar-refractivity contribution in [2.45, 2.75) is 70.8 Å². The maximum absolute atomic E-state index is 5.47. The molecule has 1 saturated carbocycles. The molecule has 0 spiro atoms. The van der Waals surface area contributed by atoms with E-state index in [-0.39, 0.29) is 5.92 Å². The first-order chi connectivity index (χ1) is 9.15. The smallest absolute Gasteiger partial charge is 0.231 e. The van der Waals surface area contributed by atoms with Crippen LogP contribution in [0, 0.1) is 5.92 Å². The average molecular weight is 265 g/mol. The minimum absolute atomic E-state index is 0.261. The average Bonchev–Trinajstić information content (AvgIpc) is 2.95. The largest absolute Gasteiger partial charge is 0.339 e. The lowest BCUT2D eigenvalue weighted by molar-refractivity contribution is 0.294. The van der Waals surface area contributed by atoms with Gasteiger partial charge in [0, 0.05) is 12.0 Å². The predicted molar refractivity (Wildman–Crippen MR) is 76.2 cm³/mol. The van der Waals surface area contributed by atoms with E-state index < -0.39 is 0 Å². The number of nitrogens with zero attached hydrogens (tertiary/aromatic N) is 2. The summed E-state index contributed by atoms with van der Waals surface area (Å²) in [6, 6.07) is 0.350. The molecule has 1 aromatic heterocycles. The third-order valence-electron chi connectivity index (χ3n) is 4.78. The van der Waals surface area contributed by atoms with Gasteiger partial charge in [-0.3, -0.25) is 0 Å². The fraction of sp³-hybridized carbons (Fsp3) is 0.867. The van der Waals surface area contributed by atoms with E-state index in [0.717, 1.165) is 17.6 Å². The molecule has 0 saturated heterocycles. The van der Waals surface area contributed by atoms with Crippen LogP contribution in [0.2, 0.25) is 0 Å². The number of likely N-dealkylation sites (N-methyl/N-ethyl adjacent to an activating group) is 1. The second kappa shape index (κ2) is 6.51. The first kappa shape index (κ1) is 14.5. The lowest BCUT2D eigenvalue weighted by atomic mass is 9.80. The Kier molecular flexibility index (Phi) is 4.97. The molecule has 2 rings (SSSR count).